The van der Waals surface area contributed by atoms with Crippen molar-refractivity contribution in [1.29, 1.82) is 5.26 Å². The van der Waals surface area contributed by atoms with E-state index >= 15 is 0 Å². The van der Waals surface area contributed by atoms with Crippen LogP contribution in [0.3, 0.4) is 0 Å². The van der Waals surface area contributed by atoms with Gasteiger partial charge in [-0.15, -0.1) is 0 Å². The van der Waals surface area contributed by atoms with Gasteiger partial charge < -0.3 is 9.88 Å². The van der Waals surface area contributed by atoms with Crippen LogP contribution in [-0.4, -0.2) is 10.5 Å². The van der Waals surface area contributed by atoms with E-state index in [1.54, 1.807) is 6.08 Å². The molecule has 0 aliphatic carbocycles. The molecule has 1 aromatic heterocycles. The van der Waals surface area contributed by atoms with Crippen molar-refractivity contribution in [2.75, 3.05) is 5.32 Å². The Kier molecular flexibility index (Phi) is 5.94. The third-order valence-corrected chi connectivity index (χ3v) is 4.84. The Morgan fingerprint density at radius 3 is 2.38 bits per heavy atom. The van der Waals surface area contributed by atoms with Crippen molar-refractivity contribution in [3.8, 4) is 11.8 Å². The highest BCUT2D eigenvalue weighted by Crippen LogP contribution is 2.23. The van der Waals surface area contributed by atoms with Crippen LogP contribution in [0.1, 0.15) is 29.4 Å². The van der Waals surface area contributed by atoms with Gasteiger partial charge in [0.1, 0.15) is 17.5 Å². The van der Waals surface area contributed by atoms with Crippen LogP contribution in [0.5, 0.6) is 0 Å². The van der Waals surface area contributed by atoms with Gasteiger partial charge in [-0.05, 0) is 79.9 Å². The number of nitriles is 1. The molecule has 4 nitrogen and oxygen atoms in total. The summed E-state index contributed by atoms with van der Waals surface area (Å²) in [5.74, 6) is -0.922. The summed E-state index contributed by atoms with van der Waals surface area (Å²) in [6.07, 6.45) is 2.56. The Morgan fingerprint density at radius 1 is 1.14 bits per heavy atom. The highest BCUT2D eigenvalue weighted by Gasteiger charge is 2.14. The molecule has 0 saturated carbocycles. The number of carbonyl (C=O) groups excluding carboxylic acids is 1. The van der Waals surface area contributed by atoms with Crippen LogP contribution in [0.2, 0.25) is 0 Å². The number of aryl methyl sites for hydroxylation is 2. The summed E-state index contributed by atoms with van der Waals surface area (Å²) in [7, 11) is 0. The molecule has 5 heteroatoms. The van der Waals surface area contributed by atoms with Gasteiger partial charge in [-0.2, -0.15) is 5.26 Å². The minimum atomic E-state index is -0.531. The fraction of sp³-hybridized carbons (Fsp3) is 0.167. The van der Waals surface area contributed by atoms with Gasteiger partial charge in [0.25, 0.3) is 5.91 Å². The third-order valence-electron chi connectivity index (χ3n) is 4.84. The van der Waals surface area contributed by atoms with E-state index in [9.17, 15) is 14.4 Å². The molecular formula is C24H22FN3O. The van der Waals surface area contributed by atoms with Crippen molar-refractivity contribution < 1.29 is 9.18 Å². The molecular weight excluding hydrogens is 365 g/mol. The fourth-order valence-electron chi connectivity index (χ4n) is 3.25. The van der Waals surface area contributed by atoms with E-state index in [2.05, 4.69) is 41.1 Å². The van der Waals surface area contributed by atoms with Gasteiger partial charge in [-0.25, -0.2) is 4.39 Å². The topological polar surface area (TPSA) is 57.8 Å². The summed E-state index contributed by atoms with van der Waals surface area (Å²) < 4.78 is 15.1. The van der Waals surface area contributed by atoms with E-state index < -0.39 is 11.7 Å². The zero-order valence-electron chi connectivity index (χ0n) is 16.7. The molecule has 0 radical (unpaired) electrons. The second-order valence-corrected chi connectivity index (χ2v) is 6.81. The molecule has 0 fully saturated rings. The zero-order chi connectivity index (χ0) is 21.0. The third kappa shape index (κ3) is 4.44. The van der Waals surface area contributed by atoms with Gasteiger partial charge in [-0.3, -0.25) is 4.79 Å². The molecule has 0 unspecified atom stereocenters. The predicted octanol–water partition coefficient (Wildman–Crippen LogP) is 5.34. The highest BCUT2D eigenvalue weighted by atomic mass is 19.1. The molecule has 3 aromatic rings. The lowest BCUT2D eigenvalue weighted by Crippen LogP contribution is -2.13. The quantitative estimate of drug-likeness (QED) is 0.474. The SMILES string of the molecule is CCc1ccc(-n2c(C)cc(/C=C(\C#N)C(=O)Nc3ccc(F)cc3)c2C)cc1. The summed E-state index contributed by atoms with van der Waals surface area (Å²) in [4.78, 5) is 12.5. The highest BCUT2D eigenvalue weighted by molar-refractivity contribution is 6.09. The van der Waals surface area contributed by atoms with Gasteiger partial charge in [-0.1, -0.05) is 19.1 Å². The molecule has 3 rings (SSSR count). The zero-order valence-corrected chi connectivity index (χ0v) is 16.7. The maximum atomic E-state index is 13.0. The summed E-state index contributed by atoms with van der Waals surface area (Å²) in [5, 5.41) is 12.1. The van der Waals surface area contributed by atoms with E-state index in [-0.39, 0.29) is 5.57 Å². The summed E-state index contributed by atoms with van der Waals surface area (Å²) >= 11 is 0. The number of anilines is 1. The van der Waals surface area contributed by atoms with Crippen LogP contribution in [-0.2, 0) is 11.2 Å². The first kappa shape index (κ1) is 20.1. The molecule has 2 aromatic carbocycles. The number of aromatic nitrogens is 1. The van der Waals surface area contributed by atoms with Gasteiger partial charge in [0, 0.05) is 22.8 Å². The Bertz CT molecular complexity index is 1100. The minimum absolute atomic E-state index is 0.0177. The second kappa shape index (κ2) is 8.57. The molecule has 0 atom stereocenters. The monoisotopic (exact) mass is 387 g/mol. The summed E-state index contributed by atoms with van der Waals surface area (Å²) in [6.45, 7) is 6.06. The fourth-order valence-corrected chi connectivity index (χ4v) is 3.25. The summed E-state index contributed by atoms with van der Waals surface area (Å²) in [5.41, 5.74) is 5.46. The number of halogens is 1. The number of amides is 1. The Balaban J connectivity index is 1.90. The maximum absolute atomic E-state index is 13.0. The molecule has 0 saturated heterocycles. The number of nitrogens with one attached hydrogen (secondary N) is 1. The lowest BCUT2D eigenvalue weighted by Gasteiger charge is -2.10. The van der Waals surface area contributed by atoms with E-state index in [1.165, 1.54) is 29.8 Å². The first-order valence-electron chi connectivity index (χ1n) is 9.40. The number of benzene rings is 2. The van der Waals surface area contributed by atoms with Crippen molar-refractivity contribution in [1.82, 2.24) is 4.57 Å². The van der Waals surface area contributed by atoms with E-state index in [1.807, 2.05) is 26.0 Å². The first-order valence-corrected chi connectivity index (χ1v) is 9.40. The minimum Gasteiger partial charge on any atom is -0.321 e. The number of nitrogens with zero attached hydrogens (tertiary/aromatic N) is 2. The Morgan fingerprint density at radius 2 is 1.79 bits per heavy atom. The number of carbonyl (C=O) groups is 1. The molecule has 0 spiro atoms. The second-order valence-electron chi connectivity index (χ2n) is 6.81. The number of hydrogen-bond acceptors (Lipinski definition) is 2. The van der Waals surface area contributed by atoms with Crippen LogP contribution in [0.15, 0.2) is 60.2 Å². The van der Waals surface area contributed by atoms with Crippen LogP contribution in [0, 0.1) is 31.0 Å². The van der Waals surface area contributed by atoms with Crippen molar-refractivity contribution in [2.24, 2.45) is 0 Å². The van der Waals surface area contributed by atoms with E-state index in [0.717, 1.165) is 29.1 Å². The lowest BCUT2D eigenvalue weighted by atomic mass is 10.1. The molecule has 1 N–H and O–H groups in total. The first-order chi connectivity index (χ1) is 13.9. The van der Waals surface area contributed by atoms with Gasteiger partial charge >= 0.3 is 0 Å². The largest absolute Gasteiger partial charge is 0.321 e. The maximum Gasteiger partial charge on any atom is 0.266 e. The van der Waals surface area contributed by atoms with Gasteiger partial charge in [0.2, 0.25) is 0 Å². The van der Waals surface area contributed by atoms with Crippen LogP contribution >= 0.6 is 0 Å². The average molecular weight is 387 g/mol. The lowest BCUT2D eigenvalue weighted by molar-refractivity contribution is -0.112. The molecule has 0 aliphatic heterocycles. The average Bonchev–Trinajstić information content (AvgIpc) is 3.00. The molecule has 0 bridgehead atoms. The normalized spacial score (nSPS) is 11.2. The molecule has 146 valence electrons. The van der Waals surface area contributed by atoms with Crippen molar-refractivity contribution >= 4 is 17.7 Å². The van der Waals surface area contributed by atoms with Crippen LogP contribution in [0.4, 0.5) is 10.1 Å². The molecule has 0 aliphatic rings. The smallest absolute Gasteiger partial charge is 0.266 e. The Labute approximate surface area is 169 Å². The van der Waals surface area contributed by atoms with Crippen LogP contribution in [0.25, 0.3) is 11.8 Å². The van der Waals surface area contributed by atoms with Crippen molar-refractivity contribution in [3.63, 3.8) is 0 Å². The van der Waals surface area contributed by atoms with Crippen LogP contribution < -0.4 is 5.32 Å². The van der Waals surface area contributed by atoms with Gasteiger partial charge in [0.05, 0.1) is 0 Å². The predicted molar refractivity (Wildman–Crippen MR) is 113 cm³/mol. The summed E-state index contributed by atoms with van der Waals surface area (Å²) in [6, 6.07) is 17.7. The van der Waals surface area contributed by atoms with Crippen molar-refractivity contribution in [3.05, 3.63) is 88.5 Å². The van der Waals surface area contributed by atoms with E-state index in [4.69, 9.17) is 0 Å². The molecule has 1 heterocycles. The number of rotatable bonds is 5. The van der Waals surface area contributed by atoms with Gasteiger partial charge in [0.15, 0.2) is 0 Å². The van der Waals surface area contributed by atoms with E-state index in [0.29, 0.717) is 5.69 Å². The van der Waals surface area contributed by atoms with Crippen molar-refractivity contribution in [2.45, 2.75) is 27.2 Å². The Hall–Kier alpha value is -3.65. The molecule has 29 heavy (non-hydrogen) atoms. The standard InChI is InChI=1S/C24H22FN3O/c1-4-18-5-11-23(12-6-18)28-16(2)13-19(17(28)3)14-20(15-26)24(29)27-22-9-7-21(25)8-10-22/h5-14H,4H2,1-3H3,(H,27,29)/b20-14+. The molecule has 1 amide bonds. The number of hydrogen-bond donors (Lipinski definition) is 1.